The highest BCUT2D eigenvalue weighted by atomic mass is 19.4. The maximum Gasteiger partial charge on any atom is 0.435 e. The summed E-state index contributed by atoms with van der Waals surface area (Å²) in [5.74, 6) is -0.330. The highest BCUT2D eigenvalue weighted by molar-refractivity contribution is 5.76. The first kappa shape index (κ1) is 14.9. The van der Waals surface area contributed by atoms with E-state index < -0.39 is 17.4 Å². The van der Waals surface area contributed by atoms with E-state index >= 15 is 0 Å². The Labute approximate surface area is 115 Å². The van der Waals surface area contributed by atoms with E-state index in [-0.39, 0.29) is 18.0 Å². The van der Waals surface area contributed by atoms with Gasteiger partial charge >= 0.3 is 6.18 Å². The summed E-state index contributed by atoms with van der Waals surface area (Å²) in [6.07, 6.45) is -2.86. The Morgan fingerprint density at radius 2 is 1.95 bits per heavy atom. The summed E-state index contributed by atoms with van der Waals surface area (Å²) in [5.41, 5.74) is -0.462. The molecule has 1 amide bonds. The van der Waals surface area contributed by atoms with Crippen LogP contribution < -0.4 is 5.32 Å². The zero-order valence-electron chi connectivity index (χ0n) is 11.8. The number of halogens is 3. The summed E-state index contributed by atoms with van der Waals surface area (Å²) < 4.78 is 39.9. The maximum absolute atomic E-state index is 12.9. The summed E-state index contributed by atoms with van der Waals surface area (Å²) in [4.78, 5) is 11.8. The second kappa shape index (κ2) is 4.79. The van der Waals surface area contributed by atoms with Crippen LogP contribution >= 0.6 is 0 Å². The van der Waals surface area contributed by atoms with Crippen molar-refractivity contribution in [2.24, 2.45) is 0 Å². The second-order valence-corrected chi connectivity index (χ2v) is 6.08. The number of alkyl halides is 3. The molecule has 4 nitrogen and oxygen atoms in total. The molecule has 0 aromatic carbocycles. The van der Waals surface area contributed by atoms with Crippen molar-refractivity contribution >= 4 is 5.91 Å². The summed E-state index contributed by atoms with van der Waals surface area (Å²) in [6, 6.07) is 0. The quantitative estimate of drug-likeness (QED) is 0.908. The fourth-order valence-electron chi connectivity index (χ4n) is 2.46. The summed E-state index contributed by atoms with van der Waals surface area (Å²) in [7, 11) is 0. The molecular weight excluding hydrogens is 271 g/mol. The molecule has 7 heteroatoms. The average molecular weight is 289 g/mol. The number of carbonyl (C=O) groups excluding carboxylic acids is 1. The number of nitrogens with one attached hydrogen (secondary N) is 1. The third-order valence-electron chi connectivity index (χ3n) is 3.08. The maximum atomic E-state index is 12.9. The fourth-order valence-corrected chi connectivity index (χ4v) is 2.46. The number of hydrogen-bond acceptors (Lipinski definition) is 2. The Kier molecular flexibility index (Phi) is 3.56. The third-order valence-corrected chi connectivity index (χ3v) is 3.08. The second-order valence-electron chi connectivity index (χ2n) is 6.08. The van der Waals surface area contributed by atoms with Crippen molar-refractivity contribution in [3.63, 3.8) is 0 Å². The predicted octanol–water partition coefficient (Wildman–Crippen LogP) is 2.31. The molecule has 20 heavy (non-hydrogen) atoms. The number of carbonyl (C=O) groups is 1. The number of amides is 1. The van der Waals surface area contributed by atoms with Gasteiger partial charge in [0.05, 0.1) is 0 Å². The van der Waals surface area contributed by atoms with Gasteiger partial charge in [0.15, 0.2) is 5.69 Å². The molecule has 1 N–H and O–H groups in total. The Morgan fingerprint density at radius 3 is 2.50 bits per heavy atom. The van der Waals surface area contributed by atoms with Crippen LogP contribution in [0.15, 0.2) is 0 Å². The van der Waals surface area contributed by atoms with Gasteiger partial charge in [0.25, 0.3) is 0 Å². The van der Waals surface area contributed by atoms with E-state index in [0.717, 1.165) is 0 Å². The van der Waals surface area contributed by atoms with Crippen LogP contribution in [0.25, 0.3) is 0 Å². The zero-order chi connectivity index (χ0) is 15.1. The summed E-state index contributed by atoms with van der Waals surface area (Å²) >= 11 is 0. The summed E-state index contributed by atoms with van der Waals surface area (Å²) in [6.45, 7) is 5.29. The zero-order valence-corrected chi connectivity index (χ0v) is 11.8. The van der Waals surface area contributed by atoms with Gasteiger partial charge in [-0.3, -0.25) is 9.48 Å². The first-order valence-electron chi connectivity index (χ1n) is 6.55. The average Bonchev–Trinajstić information content (AvgIpc) is 2.76. The van der Waals surface area contributed by atoms with E-state index in [1.54, 1.807) is 0 Å². The van der Waals surface area contributed by atoms with E-state index in [4.69, 9.17) is 0 Å². The molecular formula is C13H18F3N3O. The van der Waals surface area contributed by atoms with Gasteiger partial charge in [0.2, 0.25) is 5.91 Å². The molecule has 0 unspecified atom stereocenters. The number of nitrogens with zero attached hydrogens (tertiary/aromatic N) is 2. The number of hydrogen-bond donors (Lipinski definition) is 1. The smallest absolute Gasteiger partial charge is 0.350 e. The SMILES string of the molecule is CC(C)(C)NC(=O)Cn1nc(C(F)(F)F)c2c1CCC2. The van der Waals surface area contributed by atoms with Crippen LogP contribution in [0.4, 0.5) is 13.2 Å². The molecule has 0 spiro atoms. The Balaban J connectivity index is 2.24. The van der Waals surface area contributed by atoms with E-state index in [2.05, 4.69) is 10.4 Å². The van der Waals surface area contributed by atoms with E-state index in [1.165, 1.54) is 4.68 Å². The van der Waals surface area contributed by atoms with Crippen LogP contribution in [-0.4, -0.2) is 21.2 Å². The van der Waals surface area contributed by atoms with Crippen LogP contribution in [0.2, 0.25) is 0 Å². The minimum Gasteiger partial charge on any atom is -0.350 e. The molecule has 0 radical (unpaired) electrons. The molecule has 112 valence electrons. The highest BCUT2D eigenvalue weighted by Crippen LogP contribution is 2.36. The number of aromatic nitrogens is 2. The Hall–Kier alpha value is -1.53. The standard InChI is InChI=1S/C13H18F3N3O/c1-12(2,3)17-10(20)7-19-9-6-4-5-8(9)11(18-19)13(14,15)16/h4-7H2,1-3H3,(H,17,20). The van der Waals surface area contributed by atoms with Gasteiger partial charge in [-0.15, -0.1) is 0 Å². The third kappa shape index (κ3) is 3.13. The lowest BCUT2D eigenvalue weighted by atomic mass is 10.1. The van der Waals surface area contributed by atoms with Crippen LogP contribution in [0.3, 0.4) is 0 Å². The van der Waals surface area contributed by atoms with Crippen molar-refractivity contribution < 1.29 is 18.0 Å². The molecule has 2 rings (SSSR count). The lowest BCUT2D eigenvalue weighted by molar-refractivity contribution is -0.142. The van der Waals surface area contributed by atoms with Gasteiger partial charge in [-0.25, -0.2) is 0 Å². The molecule has 1 aliphatic rings. The van der Waals surface area contributed by atoms with Crippen LogP contribution in [0.5, 0.6) is 0 Å². The van der Waals surface area contributed by atoms with Crippen molar-refractivity contribution in [3.8, 4) is 0 Å². The van der Waals surface area contributed by atoms with Gasteiger partial charge in [-0.05, 0) is 40.0 Å². The van der Waals surface area contributed by atoms with Crippen molar-refractivity contribution in [3.05, 3.63) is 17.0 Å². The van der Waals surface area contributed by atoms with Gasteiger partial charge in [-0.1, -0.05) is 0 Å². The molecule has 0 saturated heterocycles. The first-order chi connectivity index (χ1) is 9.08. The van der Waals surface area contributed by atoms with Crippen molar-refractivity contribution in [2.75, 3.05) is 0 Å². The molecule has 0 bridgehead atoms. The highest BCUT2D eigenvalue weighted by Gasteiger charge is 2.40. The minimum atomic E-state index is -4.46. The van der Waals surface area contributed by atoms with Crippen molar-refractivity contribution in [1.29, 1.82) is 0 Å². The molecule has 1 aromatic heterocycles. The Morgan fingerprint density at radius 1 is 1.30 bits per heavy atom. The number of rotatable bonds is 2. The lowest BCUT2D eigenvalue weighted by Crippen LogP contribution is -2.42. The molecule has 0 saturated carbocycles. The molecule has 0 aliphatic heterocycles. The molecule has 1 aliphatic carbocycles. The van der Waals surface area contributed by atoms with Gasteiger partial charge < -0.3 is 5.32 Å². The fraction of sp³-hybridized carbons (Fsp3) is 0.692. The van der Waals surface area contributed by atoms with Crippen LogP contribution in [-0.2, 0) is 30.4 Å². The predicted molar refractivity (Wildman–Crippen MR) is 67.1 cm³/mol. The van der Waals surface area contributed by atoms with Gasteiger partial charge in [0, 0.05) is 16.8 Å². The molecule has 1 heterocycles. The first-order valence-corrected chi connectivity index (χ1v) is 6.55. The molecule has 0 fully saturated rings. The topological polar surface area (TPSA) is 46.9 Å². The van der Waals surface area contributed by atoms with Gasteiger partial charge in [-0.2, -0.15) is 18.3 Å². The van der Waals surface area contributed by atoms with Crippen LogP contribution in [0.1, 0.15) is 44.1 Å². The monoisotopic (exact) mass is 289 g/mol. The van der Waals surface area contributed by atoms with E-state index in [9.17, 15) is 18.0 Å². The Bertz CT molecular complexity index is 526. The van der Waals surface area contributed by atoms with Gasteiger partial charge in [0.1, 0.15) is 6.54 Å². The lowest BCUT2D eigenvalue weighted by Gasteiger charge is -2.20. The normalized spacial score (nSPS) is 15.3. The van der Waals surface area contributed by atoms with Crippen LogP contribution in [0, 0.1) is 0 Å². The summed E-state index contributed by atoms with van der Waals surface area (Å²) in [5, 5.41) is 6.33. The molecule has 1 aromatic rings. The van der Waals surface area contributed by atoms with Crippen molar-refractivity contribution in [1.82, 2.24) is 15.1 Å². The largest absolute Gasteiger partial charge is 0.435 e. The minimum absolute atomic E-state index is 0.171. The number of fused-ring (bicyclic) bond motifs is 1. The van der Waals surface area contributed by atoms with Crippen molar-refractivity contribution in [2.45, 2.75) is 58.3 Å². The van der Waals surface area contributed by atoms with E-state index in [0.29, 0.717) is 25.0 Å². The van der Waals surface area contributed by atoms with E-state index in [1.807, 2.05) is 20.8 Å². The molecule has 0 atom stereocenters.